The average Bonchev–Trinajstić information content (AvgIpc) is 2.93. The number of alkyl halides is 2. The number of nitrogens with two attached hydrogens (primary N) is 1. The van der Waals surface area contributed by atoms with Crippen molar-refractivity contribution in [2.75, 3.05) is 6.61 Å². The maximum Gasteiger partial charge on any atom is 0.338 e. The highest BCUT2D eigenvalue weighted by molar-refractivity contribution is 7.89. The van der Waals surface area contributed by atoms with Gasteiger partial charge < -0.3 is 4.74 Å². The third kappa shape index (κ3) is 3.56. The summed E-state index contributed by atoms with van der Waals surface area (Å²) < 4.78 is 26.8. The van der Waals surface area contributed by atoms with E-state index in [4.69, 9.17) is 44.7 Å². The molecule has 0 saturated heterocycles. The largest absolute Gasteiger partial charge is 0.462 e. The zero-order valence-electron chi connectivity index (χ0n) is 9.98. The van der Waals surface area contributed by atoms with Gasteiger partial charge in [-0.2, -0.15) is 0 Å². The van der Waals surface area contributed by atoms with Gasteiger partial charge >= 0.3 is 5.97 Å². The number of sulfonamides is 1. The van der Waals surface area contributed by atoms with Crippen LogP contribution in [0.1, 0.15) is 16.8 Å². The maximum atomic E-state index is 11.8. The summed E-state index contributed by atoms with van der Waals surface area (Å²) in [5, 5.41) is 4.93. The Hall–Kier alpha value is -0.530. The molecule has 0 bridgehead atoms. The summed E-state index contributed by atoms with van der Waals surface area (Å²) in [7, 11) is -4.01. The zero-order valence-corrected chi connectivity index (χ0v) is 13.1. The molecule has 0 aromatic heterocycles. The third-order valence-electron chi connectivity index (χ3n) is 2.84. The normalized spacial score (nSPS) is 20.5. The Balaban J connectivity index is 2.11. The minimum atomic E-state index is -4.01. The van der Waals surface area contributed by atoms with E-state index in [2.05, 4.69) is 0 Å². The van der Waals surface area contributed by atoms with Gasteiger partial charge in [0.25, 0.3) is 0 Å². The van der Waals surface area contributed by atoms with Crippen LogP contribution in [-0.2, 0) is 14.8 Å². The van der Waals surface area contributed by atoms with Gasteiger partial charge in [0.2, 0.25) is 10.0 Å². The molecule has 1 fully saturated rings. The van der Waals surface area contributed by atoms with E-state index in [0.29, 0.717) is 6.42 Å². The number of hydrogen-bond acceptors (Lipinski definition) is 4. The minimum Gasteiger partial charge on any atom is -0.462 e. The van der Waals surface area contributed by atoms with E-state index in [-0.39, 0.29) is 28.0 Å². The predicted molar refractivity (Wildman–Crippen MR) is 75.7 cm³/mol. The highest BCUT2D eigenvalue weighted by Crippen LogP contribution is 2.53. The van der Waals surface area contributed by atoms with Gasteiger partial charge in [0.05, 0.1) is 17.2 Å². The number of esters is 1. The van der Waals surface area contributed by atoms with Gasteiger partial charge in [0, 0.05) is 5.92 Å². The number of ether oxygens (including phenoxy) is 1. The average molecular weight is 359 g/mol. The Labute approximate surface area is 131 Å². The first-order valence-electron chi connectivity index (χ1n) is 5.48. The second-order valence-corrected chi connectivity index (χ2v) is 7.93. The van der Waals surface area contributed by atoms with Crippen LogP contribution >= 0.6 is 34.8 Å². The van der Waals surface area contributed by atoms with E-state index < -0.39 is 20.3 Å². The van der Waals surface area contributed by atoms with E-state index in [9.17, 15) is 13.2 Å². The molecule has 1 atom stereocenters. The summed E-state index contributed by atoms with van der Waals surface area (Å²) in [4.78, 5) is 11.5. The van der Waals surface area contributed by atoms with Crippen LogP contribution in [0.2, 0.25) is 5.02 Å². The molecule has 0 amide bonds. The molecule has 1 aliphatic carbocycles. The summed E-state index contributed by atoms with van der Waals surface area (Å²) >= 11 is 17.3. The van der Waals surface area contributed by atoms with Crippen molar-refractivity contribution < 1.29 is 17.9 Å². The molecule has 5 nitrogen and oxygen atoms in total. The molecule has 0 heterocycles. The Morgan fingerprint density at radius 2 is 2.05 bits per heavy atom. The number of halogens is 3. The van der Waals surface area contributed by atoms with Gasteiger partial charge in [0.1, 0.15) is 9.23 Å². The summed E-state index contributed by atoms with van der Waals surface area (Å²) in [6.07, 6.45) is 0.548. The topological polar surface area (TPSA) is 86.5 Å². The van der Waals surface area contributed by atoms with Crippen molar-refractivity contribution >= 4 is 50.8 Å². The summed E-state index contributed by atoms with van der Waals surface area (Å²) in [6.45, 7) is 0.0686. The second-order valence-electron chi connectivity index (χ2n) is 4.45. The van der Waals surface area contributed by atoms with Crippen LogP contribution in [0.3, 0.4) is 0 Å². The SMILES string of the molecule is NS(=O)(=O)c1cc(C(=O)OC[C@@H]2CC2(Cl)Cl)ccc1Cl. The molecule has 1 aliphatic rings. The molecule has 0 unspecified atom stereocenters. The fraction of sp³-hybridized carbons (Fsp3) is 0.364. The lowest BCUT2D eigenvalue weighted by Crippen LogP contribution is -2.15. The standard InChI is InChI=1S/C11H10Cl3NO4S/c12-8-2-1-6(3-9(8)20(15,17)18)10(16)19-5-7-4-11(7,13)14/h1-3,7H,4-5H2,(H2,15,17,18)/t7-/m0/s1. The second kappa shape index (κ2) is 5.35. The van der Waals surface area contributed by atoms with Crippen LogP contribution in [0.25, 0.3) is 0 Å². The van der Waals surface area contributed by atoms with Gasteiger partial charge in [-0.1, -0.05) is 11.6 Å². The Morgan fingerprint density at radius 3 is 2.55 bits per heavy atom. The number of benzene rings is 1. The van der Waals surface area contributed by atoms with Crippen molar-refractivity contribution in [3.8, 4) is 0 Å². The molecule has 1 saturated carbocycles. The van der Waals surface area contributed by atoms with E-state index in [1.165, 1.54) is 12.1 Å². The molecule has 1 aromatic carbocycles. The first kappa shape index (κ1) is 15.9. The van der Waals surface area contributed by atoms with Crippen molar-refractivity contribution in [3.63, 3.8) is 0 Å². The quantitative estimate of drug-likeness (QED) is 0.661. The lowest BCUT2D eigenvalue weighted by Gasteiger charge is -2.07. The minimum absolute atomic E-state index is 0.0359. The molecule has 2 N–H and O–H groups in total. The van der Waals surface area contributed by atoms with Crippen molar-refractivity contribution in [2.24, 2.45) is 11.1 Å². The number of primary sulfonamides is 1. The number of carbonyl (C=O) groups excluding carboxylic acids is 1. The zero-order chi connectivity index (χ0) is 15.1. The molecule has 0 aliphatic heterocycles. The van der Waals surface area contributed by atoms with Crippen LogP contribution in [0.4, 0.5) is 0 Å². The first-order valence-corrected chi connectivity index (χ1v) is 8.16. The van der Waals surface area contributed by atoms with Gasteiger partial charge in [-0.15, -0.1) is 23.2 Å². The number of hydrogen-bond donors (Lipinski definition) is 1. The van der Waals surface area contributed by atoms with Gasteiger partial charge in [0.15, 0.2) is 0 Å². The Morgan fingerprint density at radius 1 is 1.45 bits per heavy atom. The fourth-order valence-corrected chi connectivity index (χ4v) is 3.13. The van der Waals surface area contributed by atoms with Gasteiger partial charge in [-0.05, 0) is 24.6 Å². The molecule has 0 spiro atoms. The van der Waals surface area contributed by atoms with E-state index in [1.807, 2.05) is 0 Å². The molecular formula is C11H10Cl3NO4S. The van der Waals surface area contributed by atoms with Crippen LogP contribution in [0.15, 0.2) is 23.1 Å². The molecule has 2 rings (SSSR count). The molecule has 20 heavy (non-hydrogen) atoms. The molecular weight excluding hydrogens is 349 g/mol. The van der Waals surface area contributed by atoms with E-state index >= 15 is 0 Å². The van der Waals surface area contributed by atoms with E-state index in [1.54, 1.807) is 0 Å². The van der Waals surface area contributed by atoms with Gasteiger partial charge in [-0.25, -0.2) is 18.4 Å². The highest BCUT2D eigenvalue weighted by Gasteiger charge is 2.52. The Bertz CT molecular complexity index is 660. The fourth-order valence-electron chi connectivity index (χ4n) is 1.56. The predicted octanol–water partition coefficient (Wildman–Crippen LogP) is 2.34. The maximum absolute atomic E-state index is 11.8. The third-order valence-corrected chi connectivity index (χ3v) is 5.16. The molecule has 9 heteroatoms. The van der Waals surface area contributed by atoms with Crippen LogP contribution in [0.5, 0.6) is 0 Å². The van der Waals surface area contributed by atoms with Crippen molar-refractivity contribution in [1.29, 1.82) is 0 Å². The summed E-state index contributed by atoms with van der Waals surface area (Å²) in [5.74, 6) is -0.803. The van der Waals surface area contributed by atoms with Crippen LogP contribution in [0, 0.1) is 5.92 Å². The first-order chi connectivity index (χ1) is 9.11. The number of carbonyl (C=O) groups is 1. The monoisotopic (exact) mass is 357 g/mol. The van der Waals surface area contributed by atoms with Crippen LogP contribution < -0.4 is 5.14 Å². The molecule has 110 valence electrons. The van der Waals surface area contributed by atoms with Crippen LogP contribution in [-0.4, -0.2) is 25.3 Å². The lowest BCUT2D eigenvalue weighted by atomic mass is 10.2. The number of rotatable bonds is 4. The smallest absolute Gasteiger partial charge is 0.338 e. The molecule has 1 aromatic rings. The summed E-state index contributed by atoms with van der Waals surface area (Å²) in [6, 6.07) is 3.69. The van der Waals surface area contributed by atoms with E-state index in [0.717, 1.165) is 6.07 Å². The molecule has 0 radical (unpaired) electrons. The van der Waals surface area contributed by atoms with Crippen molar-refractivity contribution in [1.82, 2.24) is 0 Å². The lowest BCUT2D eigenvalue weighted by molar-refractivity contribution is 0.0485. The summed E-state index contributed by atoms with van der Waals surface area (Å²) in [5.41, 5.74) is 0.0359. The van der Waals surface area contributed by atoms with Crippen molar-refractivity contribution in [3.05, 3.63) is 28.8 Å². The highest BCUT2D eigenvalue weighted by atomic mass is 35.5. The Kier molecular flexibility index (Phi) is 4.24. The van der Waals surface area contributed by atoms with Gasteiger partial charge in [-0.3, -0.25) is 0 Å². The van der Waals surface area contributed by atoms with Crippen molar-refractivity contribution in [2.45, 2.75) is 15.6 Å².